The molecule has 0 bridgehead atoms. The van der Waals surface area contributed by atoms with Crippen molar-refractivity contribution < 1.29 is 14.4 Å². The molecule has 1 aromatic heterocycles. The number of aryl methyl sites for hydroxylation is 1. The second kappa shape index (κ2) is 5.60. The number of rotatable bonds is 3. The topological polar surface area (TPSA) is 91.2 Å². The van der Waals surface area contributed by atoms with Crippen LogP contribution in [-0.4, -0.2) is 29.7 Å². The summed E-state index contributed by atoms with van der Waals surface area (Å²) >= 11 is 1.45. The largest absolute Gasteiger partial charge is 0.454 e. The van der Waals surface area contributed by atoms with Crippen LogP contribution in [0.2, 0.25) is 0 Å². The molecule has 1 aromatic carbocycles. The van der Waals surface area contributed by atoms with Gasteiger partial charge in [-0.2, -0.15) is 5.10 Å². The number of benzene rings is 1. The Morgan fingerprint density at radius 1 is 1.41 bits per heavy atom. The van der Waals surface area contributed by atoms with Gasteiger partial charge in [0.25, 0.3) is 5.69 Å². The van der Waals surface area contributed by atoms with Crippen LogP contribution in [-0.2, 0) is 0 Å². The van der Waals surface area contributed by atoms with Gasteiger partial charge in [-0.05, 0) is 13.0 Å². The van der Waals surface area contributed by atoms with E-state index in [-0.39, 0.29) is 12.5 Å². The zero-order chi connectivity index (χ0) is 15.7. The van der Waals surface area contributed by atoms with Crippen molar-refractivity contribution in [2.45, 2.75) is 6.92 Å². The Kier molecular flexibility index (Phi) is 3.63. The first-order valence-corrected chi connectivity index (χ1v) is 7.20. The van der Waals surface area contributed by atoms with Gasteiger partial charge in [0.05, 0.1) is 28.5 Å². The zero-order valence-electron chi connectivity index (χ0n) is 11.8. The number of aromatic nitrogens is 1. The molecular weight excluding hydrogens is 308 g/mol. The molecule has 9 heteroatoms. The molecule has 0 unspecified atom stereocenters. The van der Waals surface area contributed by atoms with Crippen molar-refractivity contribution in [2.75, 3.05) is 13.8 Å². The van der Waals surface area contributed by atoms with Crippen molar-refractivity contribution in [3.05, 3.63) is 43.7 Å². The molecule has 0 saturated heterocycles. The number of hydrogen-bond donors (Lipinski definition) is 0. The predicted octanol–water partition coefficient (Wildman–Crippen LogP) is 1.91. The first kappa shape index (κ1) is 14.3. The summed E-state index contributed by atoms with van der Waals surface area (Å²) in [6.07, 6.45) is 1.43. The first-order valence-electron chi connectivity index (χ1n) is 6.32. The maximum atomic E-state index is 11.2. The lowest BCUT2D eigenvalue weighted by Gasteiger charge is -2.01. The van der Waals surface area contributed by atoms with E-state index in [1.54, 1.807) is 17.8 Å². The Bertz CT molecular complexity index is 837. The molecule has 3 rings (SSSR count). The van der Waals surface area contributed by atoms with Gasteiger partial charge in [0.2, 0.25) is 11.6 Å². The van der Waals surface area contributed by atoms with Crippen LogP contribution in [0.4, 0.5) is 5.69 Å². The second-order valence-electron chi connectivity index (χ2n) is 4.46. The highest BCUT2D eigenvalue weighted by Crippen LogP contribution is 2.37. The number of fused-ring (bicyclic) bond motifs is 1. The zero-order valence-corrected chi connectivity index (χ0v) is 12.7. The molecule has 1 aliphatic rings. The third-order valence-corrected chi connectivity index (χ3v) is 4.10. The highest BCUT2D eigenvalue weighted by molar-refractivity contribution is 7.07. The maximum Gasteiger partial charge on any atom is 0.282 e. The second-order valence-corrected chi connectivity index (χ2v) is 5.30. The van der Waals surface area contributed by atoms with Crippen LogP contribution in [0.15, 0.2) is 27.6 Å². The molecule has 0 N–H and O–H groups in total. The summed E-state index contributed by atoms with van der Waals surface area (Å²) in [6.45, 7) is 1.95. The Morgan fingerprint density at radius 3 is 2.82 bits per heavy atom. The van der Waals surface area contributed by atoms with E-state index in [0.717, 1.165) is 5.69 Å². The SMILES string of the molecule is CN=c1scc(C)n1N=Cc1cc2c(cc1[N+](=O)[O-])OCO2. The van der Waals surface area contributed by atoms with Crippen molar-refractivity contribution in [1.29, 1.82) is 0 Å². The van der Waals surface area contributed by atoms with Gasteiger partial charge in [-0.1, -0.05) is 0 Å². The van der Waals surface area contributed by atoms with Gasteiger partial charge in [0, 0.05) is 12.4 Å². The lowest BCUT2D eigenvalue weighted by molar-refractivity contribution is -0.385. The number of nitrogens with zero attached hydrogens (tertiary/aromatic N) is 4. The summed E-state index contributed by atoms with van der Waals surface area (Å²) in [4.78, 5) is 15.5. The monoisotopic (exact) mass is 320 g/mol. The van der Waals surface area contributed by atoms with Crippen LogP contribution < -0.4 is 14.3 Å². The van der Waals surface area contributed by atoms with Crippen molar-refractivity contribution in [1.82, 2.24) is 4.68 Å². The first-order chi connectivity index (χ1) is 10.6. The highest BCUT2D eigenvalue weighted by Gasteiger charge is 2.22. The summed E-state index contributed by atoms with van der Waals surface area (Å²) in [5.41, 5.74) is 1.15. The van der Waals surface area contributed by atoms with Crippen molar-refractivity contribution in [3.63, 3.8) is 0 Å². The van der Waals surface area contributed by atoms with Gasteiger partial charge in [-0.15, -0.1) is 11.3 Å². The van der Waals surface area contributed by atoms with Gasteiger partial charge in [-0.25, -0.2) is 4.68 Å². The lowest BCUT2D eigenvalue weighted by atomic mass is 10.1. The van der Waals surface area contributed by atoms with Gasteiger partial charge >= 0.3 is 0 Å². The average Bonchev–Trinajstić information content (AvgIpc) is 3.09. The Labute approximate surface area is 129 Å². The molecule has 0 atom stereocenters. The van der Waals surface area contributed by atoms with Crippen LogP contribution in [0.5, 0.6) is 11.5 Å². The van der Waals surface area contributed by atoms with E-state index in [2.05, 4.69) is 10.1 Å². The number of nitro benzene ring substituents is 1. The van der Waals surface area contributed by atoms with Gasteiger partial charge in [0.1, 0.15) is 0 Å². The van der Waals surface area contributed by atoms with Crippen molar-refractivity contribution >= 4 is 23.2 Å². The number of ether oxygens (including phenoxy) is 2. The molecule has 22 heavy (non-hydrogen) atoms. The van der Waals surface area contributed by atoms with Gasteiger partial charge in [-0.3, -0.25) is 15.1 Å². The Morgan fingerprint density at radius 2 is 2.14 bits per heavy atom. The van der Waals surface area contributed by atoms with Crippen molar-refractivity contribution in [3.8, 4) is 11.5 Å². The molecule has 2 aromatic rings. The molecule has 2 heterocycles. The van der Waals surface area contributed by atoms with E-state index in [1.807, 2.05) is 12.3 Å². The molecule has 1 aliphatic heterocycles. The predicted molar refractivity (Wildman–Crippen MR) is 80.7 cm³/mol. The fourth-order valence-electron chi connectivity index (χ4n) is 2.00. The molecule has 0 spiro atoms. The number of thiazole rings is 1. The van der Waals surface area contributed by atoms with Gasteiger partial charge < -0.3 is 9.47 Å². The molecule has 0 saturated carbocycles. The molecule has 8 nitrogen and oxygen atoms in total. The quantitative estimate of drug-likeness (QED) is 0.490. The third kappa shape index (κ3) is 2.46. The molecular formula is C13H12N4O4S. The third-order valence-electron chi connectivity index (χ3n) is 3.07. The summed E-state index contributed by atoms with van der Waals surface area (Å²) in [7, 11) is 1.67. The molecule has 114 valence electrons. The summed E-state index contributed by atoms with van der Waals surface area (Å²) in [6, 6.07) is 2.90. The molecule has 0 radical (unpaired) electrons. The van der Waals surface area contributed by atoms with E-state index >= 15 is 0 Å². The fourth-order valence-corrected chi connectivity index (χ4v) is 2.78. The minimum atomic E-state index is -0.473. The highest BCUT2D eigenvalue weighted by atomic mass is 32.1. The van der Waals surface area contributed by atoms with E-state index < -0.39 is 4.92 Å². The fraction of sp³-hybridized carbons (Fsp3) is 0.231. The van der Waals surface area contributed by atoms with Crippen LogP contribution in [0.3, 0.4) is 0 Å². The van der Waals surface area contributed by atoms with Crippen LogP contribution in [0.1, 0.15) is 11.3 Å². The molecule has 0 amide bonds. The summed E-state index contributed by atoms with van der Waals surface area (Å²) in [5, 5.41) is 17.4. The Balaban J connectivity index is 2.07. The van der Waals surface area contributed by atoms with E-state index in [1.165, 1.54) is 23.6 Å². The minimum Gasteiger partial charge on any atom is -0.454 e. The average molecular weight is 320 g/mol. The van der Waals surface area contributed by atoms with Crippen molar-refractivity contribution in [2.24, 2.45) is 10.1 Å². The van der Waals surface area contributed by atoms with Crippen LogP contribution in [0, 0.1) is 17.0 Å². The Hall–Kier alpha value is -2.68. The smallest absolute Gasteiger partial charge is 0.282 e. The van der Waals surface area contributed by atoms with Crippen LogP contribution >= 0.6 is 11.3 Å². The minimum absolute atomic E-state index is 0.0599. The van der Waals surface area contributed by atoms with E-state index in [9.17, 15) is 10.1 Å². The van der Waals surface area contributed by atoms with Crippen LogP contribution in [0.25, 0.3) is 0 Å². The molecule has 0 fully saturated rings. The molecule has 0 aliphatic carbocycles. The number of nitro groups is 1. The summed E-state index contributed by atoms with van der Waals surface area (Å²) < 4.78 is 12.0. The summed E-state index contributed by atoms with van der Waals surface area (Å²) in [5.74, 6) is 0.840. The number of hydrogen-bond acceptors (Lipinski definition) is 7. The van der Waals surface area contributed by atoms with E-state index in [0.29, 0.717) is 21.9 Å². The van der Waals surface area contributed by atoms with E-state index in [4.69, 9.17) is 9.47 Å². The maximum absolute atomic E-state index is 11.2. The van der Waals surface area contributed by atoms with Gasteiger partial charge in [0.15, 0.2) is 11.5 Å². The lowest BCUT2D eigenvalue weighted by Crippen LogP contribution is -2.11. The normalized spacial score (nSPS) is 14.0. The standard InChI is InChI=1S/C13H12N4O4S/c1-8-6-22-13(14-2)16(8)15-5-9-3-11-12(21-7-20-11)4-10(9)17(18)19/h3-6H,7H2,1-2H3.